The number of aryl methyl sites for hydroxylation is 3. The molecule has 1 N–H and O–H groups in total. The molecule has 0 aliphatic carbocycles. The normalized spacial score (nSPS) is 11.3. The average molecular weight is 503 g/mol. The second kappa shape index (κ2) is 10.8. The average Bonchev–Trinajstić information content (AvgIpc) is 2.87. The number of benzene rings is 4. The first-order chi connectivity index (χ1) is 17.3. The Bertz CT molecular complexity index is 1480. The lowest BCUT2D eigenvalue weighted by Crippen LogP contribution is -2.42. The van der Waals surface area contributed by atoms with Crippen molar-refractivity contribution in [2.75, 3.05) is 24.0 Å². The Labute approximate surface area is 212 Å². The minimum absolute atomic E-state index is 0.140. The molecule has 0 heterocycles. The first-order valence-electron chi connectivity index (χ1n) is 11.8. The van der Waals surface area contributed by atoms with Crippen LogP contribution < -0.4 is 14.4 Å². The summed E-state index contributed by atoms with van der Waals surface area (Å²) >= 11 is 0. The van der Waals surface area contributed by atoms with Crippen LogP contribution in [0, 0.1) is 20.8 Å². The lowest BCUT2D eigenvalue weighted by Gasteiger charge is -2.26. The Balaban J connectivity index is 1.48. The van der Waals surface area contributed by atoms with E-state index >= 15 is 0 Å². The van der Waals surface area contributed by atoms with Gasteiger partial charge in [0.2, 0.25) is 5.91 Å². The second-order valence-corrected chi connectivity index (χ2v) is 10.7. The number of carbonyl (C=O) groups excluding carboxylic acids is 1. The predicted molar refractivity (Wildman–Crippen MR) is 144 cm³/mol. The van der Waals surface area contributed by atoms with Crippen LogP contribution in [-0.4, -0.2) is 34.0 Å². The van der Waals surface area contributed by atoms with Gasteiger partial charge in [-0.1, -0.05) is 66.2 Å². The molecular formula is C29H30N2O4S. The third-order valence-corrected chi connectivity index (χ3v) is 7.73. The second-order valence-electron chi connectivity index (χ2n) is 8.79. The predicted octanol–water partition coefficient (Wildman–Crippen LogP) is 5.16. The molecule has 7 heteroatoms. The van der Waals surface area contributed by atoms with E-state index in [0.717, 1.165) is 33.2 Å². The van der Waals surface area contributed by atoms with Gasteiger partial charge in [0.05, 0.1) is 17.1 Å². The molecule has 0 fully saturated rings. The van der Waals surface area contributed by atoms with E-state index in [2.05, 4.69) is 5.32 Å². The van der Waals surface area contributed by atoms with Crippen LogP contribution in [0.25, 0.3) is 10.8 Å². The van der Waals surface area contributed by atoms with Crippen molar-refractivity contribution in [2.45, 2.75) is 25.7 Å². The van der Waals surface area contributed by atoms with Crippen LogP contribution in [-0.2, 0) is 14.8 Å². The highest BCUT2D eigenvalue weighted by molar-refractivity contribution is 7.92. The minimum atomic E-state index is -3.96. The van der Waals surface area contributed by atoms with Gasteiger partial charge in [0, 0.05) is 5.39 Å². The summed E-state index contributed by atoms with van der Waals surface area (Å²) in [6.07, 6.45) is 0. The van der Waals surface area contributed by atoms with Crippen LogP contribution in [0.1, 0.15) is 16.7 Å². The van der Waals surface area contributed by atoms with Crippen molar-refractivity contribution in [1.82, 2.24) is 5.32 Å². The summed E-state index contributed by atoms with van der Waals surface area (Å²) in [5, 5.41) is 4.87. The van der Waals surface area contributed by atoms with Crippen molar-refractivity contribution in [2.24, 2.45) is 0 Å². The fraction of sp³-hybridized carbons (Fsp3) is 0.207. The van der Waals surface area contributed by atoms with Crippen molar-refractivity contribution in [3.8, 4) is 5.75 Å². The van der Waals surface area contributed by atoms with Crippen molar-refractivity contribution in [3.63, 3.8) is 0 Å². The monoisotopic (exact) mass is 502 g/mol. The topological polar surface area (TPSA) is 75.7 Å². The van der Waals surface area contributed by atoms with Crippen LogP contribution in [0.5, 0.6) is 5.75 Å². The highest BCUT2D eigenvalue weighted by atomic mass is 32.2. The van der Waals surface area contributed by atoms with Gasteiger partial charge in [-0.25, -0.2) is 8.42 Å². The lowest BCUT2D eigenvalue weighted by atomic mass is 10.1. The molecular weight excluding hydrogens is 472 g/mol. The number of nitrogens with one attached hydrogen (secondary N) is 1. The summed E-state index contributed by atoms with van der Waals surface area (Å²) in [6, 6.07) is 26.0. The lowest BCUT2D eigenvalue weighted by molar-refractivity contribution is -0.119. The number of carbonyl (C=O) groups is 1. The number of hydrogen-bond donors (Lipinski definition) is 1. The SMILES string of the molecule is Cc1ccc(S(=O)(=O)N(CC(=O)NCCOc2cccc3ccccc23)c2cc(C)ccc2C)cc1. The molecule has 0 bridgehead atoms. The number of anilines is 1. The number of fused-ring (bicyclic) bond motifs is 1. The Morgan fingerprint density at radius 1 is 0.861 bits per heavy atom. The number of ether oxygens (including phenoxy) is 1. The molecule has 4 rings (SSSR count). The molecule has 36 heavy (non-hydrogen) atoms. The van der Waals surface area contributed by atoms with E-state index in [1.807, 2.05) is 75.4 Å². The standard InChI is InChI=1S/C29H30N2O4S/c1-21-12-15-25(16-13-21)36(33,34)31(27-19-22(2)11-14-23(27)3)20-29(32)30-17-18-35-28-10-6-8-24-7-4-5-9-26(24)28/h4-16,19H,17-18,20H2,1-3H3,(H,30,32). The Morgan fingerprint density at radius 3 is 2.33 bits per heavy atom. The summed E-state index contributed by atoms with van der Waals surface area (Å²) in [4.78, 5) is 13.0. The molecule has 0 radical (unpaired) electrons. The maximum absolute atomic E-state index is 13.6. The summed E-state index contributed by atoms with van der Waals surface area (Å²) in [5.74, 6) is 0.328. The number of amides is 1. The smallest absolute Gasteiger partial charge is 0.264 e. The minimum Gasteiger partial charge on any atom is -0.491 e. The van der Waals surface area contributed by atoms with E-state index in [9.17, 15) is 13.2 Å². The Hall–Kier alpha value is -3.84. The van der Waals surface area contributed by atoms with Crippen molar-refractivity contribution in [1.29, 1.82) is 0 Å². The maximum Gasteiger partial charge on any atom is 0.264 e. The van der Waals surface area contributed by atoms with Crippen molar-refractivity contribution in [3.05, 3.63) is 102 Å². The zero-order valence-corrected chi connectivity index (χ0v) is 21.5. The third-order valence-electron chi connectivity index (χ3n) is 5.96. The van der Waals surface area contributed by atoms with Crippen LogP contribution >= 0.6 is 0 Å². The third kappa shape index (κ3) is 5.69. The van der Waals surface area contributed by atoms with Crippen LogP contribution in [0.15, 0.2) is 89.8 Å². The van der Waals surface area contributed by atoms with Gasteiger partial charge < -0.3 is 10.1 Å². The largest absolute Gasteiger partial charge is 0.491 e. The van der Waals surface area contributed by atoms with E-state index in [4.69, 9.17) is 4.74 Å². The molecule has 4 aromatic rings. The van der Waals surface area contributed by atoms with Gasteiger partial charge in [-0.2, -0.15) is 0 Å². The molecule has 186 valence electrons. The number of nitrogens with zero attached hydrogens (tertiary/aromatic N) is 1. The van der Waals surface area contributed by atoms with Gasteiger partial charge in [0.25, 0.3) is 10.0 Å². The summed E-state index contributed by atoms with van der Waals surface area (Å²) in [6.45, 7) is 5.79. The van der Waals surface area contributed by atoms with Gasteiger partial charge in [0.15, 0.2) is 0 Å². The maximum atomic E-state index is 13.6. The molecule has 0 aromatic heterocycles. The Kier molecular flexibility index (Phi) is 7.60. The molecule has 1 amide bonds. The number of rotatable bonds is 9. The number of hydrogen-bond acceptors (Lipinski definition) is 4. The zero-order valence-electron chi connectivity index (χ0n) is 20.7. The van der Waals surface area contributed by atoms with Crippen LogP contribution in [0.3, 0.4) is 0 Å². The van der Waals surface area contributed by atoms with Crippen molar-refractivity contribution >= 4 is 32.4 Å². The highest BCUT2D eigenvalue weighted by Crippen LogP contribution is 2.28. The summed E-state index contributed by atoms with van der Waals surface area (Å²) < 4.78 is 34.3. The molecule has 4 aromatic carbocycles. The quantitative estimate of drug-likeness (QED) is 0.321. The molecule has 0 atom stereocenters. The number of sulfonamides is 1. The van der Waals surface area contributed by atoms with E-state index in [1.54, 1.807) is 30.3 Å². The molecule has 0 unspecified atom stereocenters. The fourth-order valence-corrected chi connectivity index (χ4v) is 5.46. The first kappa shape index (κ1) is 25.3. The van der Waals surface area contributed by atoms with Gasteiger partial charge in [-0.15, -0.1) is 0 Å². The van der Waals surface area contributed by atoms with Gasteiger partial charge in [-0.05, 0) is 61.5 Å². The van der Waals surface area contributed by atoms with Crippen molar-refractivity contribution < 1.29 is 17.9 Å². The van der Waals surface area contributed by atoms with Gasteiger partial charge in [0.1, 0.15) is 18.9 Å². The summed E-state index contributed by atoms with van der Waals surface area (Å²) in [7, 11) is -3.96. The Morgan fingerprint density at radius 2 is 1.56 bits per heavy atom. The van der Waals surface area contributed by atoms with E-state index in [-0.39, 0.29) is 24.6 Å². The fourth-order valence-electron chi connectivity index (χ4n) is 3.98. The molecule has 0 saturated carbocycles. The molecule has 6 nitrogen and oxygen atoms in total. The molecule has 0 spiro atoms. The first-order valence-corrected chi connectivity index (χ1v) is 13.2. The van der Waals surface area contributed by atoms with E-state index in [1.165, 1.54) is 4.31 Å². The molecule has 0 saturated heterocycles. The van der Waals surface area contributed by atoms with E-state index < -0.39 is 15.9 Å². The van der Waals surface area contributed by atoms with Crippen LogP contribution in [0.4, 0.5) is 5.69 Å². The van der Waals surface area contributed by atoms with E-state index in [0.29, 0.717) is 5.69 Å². The van der Waals surface area contributed by atoms with Gasteiger partial charge in [-0.3, -0.25) is 9.10 Å². The molecule has 0 aliphatic rings. The summed E-state index contributed by atoms with van der Waals surface area (Å²) in [5.41, 5.74) is 3.11. The highest BCUT2D eigenvalue weighted by Gasteiger charge is 2.28. The van der Waals surface area contributed by atoms with Gasteiger partial charge >= 0.3 is 0 Å². The molecule has 0 aliphatic heterocycles. The van der Waals surface area contributed by atoms with Crippen LogP contribution in [0.2, 0.25) is 0 Å². The zero-order chi connectivity index (χ0) is 25.7.